The molecule has 0 aliphatic carbocycles. The SMILES string of the molecule is CC[C@@](C)(B=Cc1ccccc1)c1ccccc1. The molecule has 0 heterocycles. The first-order valence-electron chi connectivity index (χ1n) is 6.54. The summed E-state index contributed by atoms with van der Waals surface area (Å²) < 4.78 is 0. The number of hydrogen-bond acceptors (Lipinski definition) is 0. The van der Waals surface area contributed by atoms with Crippen LogP contribution in [0.1, 0.15) is 31.4 Å². The third kappa shape index (κ3) is 2.98. The first-order valence-corrected chi connectivity index (χ1v) is 6.54. The third-order valence-electron chi connectivity index (χ3n) is 3.61. The molecule has 0 saturated carbocycles. The maximum atomic E-state index is 2.32. The van der Waals surface area contributed by atoms with Crippen LogP contribution < -0.4 is 0 Å². The van der Waals surface area contributed by atoms with Crippen molar-refractivity contribution in [3.05, 3.63) is 71.8 Å². The van der Waals surface area contributed by atoms with Crippen LogP contribution in [0.4, 0.5) is 0 Å². The molecule has 2 aromatic carbocycles. The monoisotopic (exact) mass is 234 g/mol. The van der Waals surface area contributed by atoms with Crippen molar-refractivity contribution in [2.75, 3.05) is 0 Å². The summed E-state index contributed by atoms with van der Waals surface area (Å²) >= 11 is 0. The van der Waals surface area contributed by atoms with Gasteiger partial charge in [0.2, 0.25) is 0 Å². The van der Waals surface area contributed by atoms with Crippen LogP contribution in [0.25, 0.3) is 0 Å². The van der Waals surface area contributed by atoms with Crippen molar-refractivity contribution in [3.63, 3.8) is 0 Å². The molecular formula is C17H19B. The van der Waals surface area contributed by atoms with E-state index in [1.807, 2.05) is 6.07 Å². The molecule has 2 aromatic rings. The molecule has 0 saturated heterocycles. The molecule has 0 unspecified atom stereocenters. The maximum absolute atomic E-state index is 2.32. The van der Waals surface area contributed by atoms with Crippen LogP contribution in [-0.2, 0) is 5.31 Å². The quantitative estimate of drug-likeness (QED) is 0.704. The van der Waals surface area contributed by atoms with E-state index in [4.69, 9.17) is 0 Å². The van der Waals surface area contributed by atoms with Gasteiger partial charge in [-0.3, -0.25) is 0 Å². The number of hydrogen-bond donors (Lipinski definition) is 0. The van der Waals surface area contributed by atoms with E-state index < -0.39 is 0 Å². The minimum atomic E-state index is 0.108. The van der Waals surface area contributed by atoms with Gasteiger partial charge in [-0.1, -0.05) is 0 Å². The van der Waals surface area contributed by atoms with Gasteiger partial charge >= 0.3 is 110 Å². The molecular weight excluding hydrogens is 215 g/mol. The molecule has 1 heteroatoms. The van der Waals surface area contributed by atoms with Crippen molar-refractivity contribution in [2.24, 2.45) is 0 Å². The first kappa shape index (κ1) is 12.8. The minimum absolute atomic E-state index is 0.108. The summed E-state index contributed by atoms with van der Waals surface area (Å²) in [6.45, 7) is 6.85. The summed E-state index contributed by atoms with van der Waals surface area (Å²) in [4.78, 5) is 0. The number of benzene rings is 2. The van der Waals surface area contributed by atoms with Crippen LogP contribution >= 0.6 is 0 Å². The molecule has 1 atom stereocenters. The molecule has 0 aliphatic rings. The van der Waals surface area contributed by atoms with Gasteiger partial charge in [0, 0.05) is 0 Å². The predicted molar refractivity (Wildman–Crippen MR) is 81.4 cm³/mol. The summed E-state index contributed by atoms with van der Waals surface area (Å²) in [5, 5.41) is 0.108. The zero-order valence-corrected chi connectivity index (χ0v) is 11.1. The summed E-state index contributed by atoms with van der Waals surface area (Å²) in [7, 11) is 0. The molecule has 18 heavy (non-hydrogen) atoms. The summed E-state index contributed by atoms with van der Waals surface area (Å²) in [6, 6.07) is 21.2. The van der Waals surface area contributed by atoms with Gasteiger partial charge in [-0.05, 0) is 0 Å². The fourth-order valence-electron chi connectivity index (χ4n) is 2.08. The second-order valence-electron chi connectivity index (χ2n) is 4.88. The normalized spacial score (nSPS) is 14.1. The average molecular weight is 234 g/mol. The van der Waals surface area contributed by atoms with Gasteiger partial charge in [-0.2, -0.15) is 0 Å². The fourth-order valence-corrected chi connectivity index (χ4v) is 2.08. The van der Waals surface area contributed by atoms with Crippen LogP contribution in [0.2, 0.25) is 0 Å². The van der Waals surface area contributed by atoms with Crippen LogP contribution in [0.5, 0.6) is 0 Å². The van der Waals surface area contributed by atoms with Crippen molar-refractivity contribution < 1.29 is 0 Å². The van der Waals surface area contributed by atoms with Gasteiger partial charge in [-0.25, -0.2) is 0 Å². The third-order valence-corrected chi connectivity index (χ3v) is 3.61. The van der Waals surface area contributed by atoms with E-state index in [0.717, 1.165) is 6.42 Å². The molecule has 0 N–H and O–H groups in total. The van der Waals surface area contributed by atoms with E-state index in [1.54, 1.807) is 0 Å². The van der Waals surface area contributed by atoms with E-state index in [1.165, 1.54) is 11.1 Å². The number of rotatable bonds is 4. The summed E-state index contributed by atoms with van der Waals surface area (Å²) in [6.07, 6.45) is 1.10. The average Bonchev–Trinajstić information content (AvgIpc) is 2.47. The van der Waals surface area contributed by atoms with Crippen molar-refractivity contribution in [1.29, 1.82) is 0 Å². The molecule has 0 aliphatic heterocycles. The van der Waals surface area contributed by atoms with Crippen molar-refractivity contribution in [2.45, 2.75) is 25.6 Å². The molecule has 0 spiro atoms. The molecule has 0 radical (unpaired) electrons. The van der Waals surface area contributed by atoms with Crippen LogP contribution in [-0.4, -0.2) is 12.9 Å². The van der Waals surface area contributed by atoms with E-state index >= 15 is 0 Å². The first-order chi connectivity index (χ1) is 8.74. The Morgan fingerprint density at radius 1 is 0.944 bits per heavy atom. The van der Waals surface area contributed by atoms with Gasteiger partial charge in [0.05, 0.1) is 0 Å². The second kappa shape index (κ2) is 5.81. The van der Waals surface area contributed by atoms with E-state index in [9.17, 15) is 0 Å². The molecule has 2 rings (SSSR count). The Balaban J connectivity index is 2.27. The summed E-state index contributed by atoms with van der Waals surface area (Å²) in [5.41, 5.74) is 2.63. The molecule has 0 bridgehead atoms. The van der Waals surface area contributed by atoms with Crippen molar-refractivity contribution >= 4 is 12.9 Å². The Kier molecular flexibility index (Phi) is 4.14. The Bertz CT molecular complexity index is 502. The Labute approximate surface area is 111 Å². The zero-order chi connectivity index (χ0) is 12.8. The van der Waals surface area contributed by atoms with Gasteiger partial charge in [0.25, 0.3) is 0 Å². The Morgan fingerprint density at radius 2 is 1.50 bits per heavy atom. The van der Waals surface area contributed by atoms with Gasteiger partial charge in [-0.15, -0.1) is 0 Å². The summed E-state index contributed by atoms with van der Waals surface area (Å²) in [5.74, 6) is 2.22. The molecule has 90 valence electrons. The van der Waals surface area contributed by atoms with Gasteiger partial charge < -0.3 is 0 Å². The predicted octanol–water partition coefficient (Wildman–Crippen LogP) is 3.87. The van der Waals surface area contributed by atoms with Crippen molar-refractivity contribution in [1.82, 2.24) is 0 Å². The van der Waals surface area contributed by atoms with Crippen LogP contribution in [0.3, 0.4) is 0 Å². The fraction of sp³-hybridized carbons (Fsp3) is 0.235. The molecule has 0 nitrogen and oxygen atoms in total. The molecule has 0 fully saturated rings. The van der Waals surface area contributed by atoms with Gasteiger partial charge in [0.1, 0.15) is 0 Å². The topological polar surface area (TPSA) is 0 Å². The molecule has 0 amide bonds. The van der Waals surface area contributed by atoms with E-state index in [-0.39, 0.29) is 5.31 Å². The zero-order valence-electron chi connectivity index (χ0n) is 11.1. The van der Waals surface area contributed by atoms with Crippen LogP contribution in [0, 0.1) is 0 Å². The second-order valence-corrected chi connectivity index (χ2v) is 4.88. The standard InChI is InChI=1S/C17H19B/c1-3-17(2,16-12-8-5-9-13-16)18-14-15-10-6-4-7-11-15/h4-14H,3H2,1-2H3/t17-/m1/s1. The van der Waals surface area contributed by atoms with E-state index in [0.29, 0.717) is 0 Å². The Hall–Kier alpha value is -1.63. The van der Waals surface area contributed by atoms with Crippen LogP contribution in [0.15, 0.2) is 60.7 Å². The van der Waals surface area contributed by atoms with E-state index in [2.05, 4.69) is 81.3 Å². The molecule has 0 aromatic heterocycles. The Morgan fingerprint density at radius 3 is 2.06 bits per heavy atom. The van der Waals surface area contributed by atoms with Crippen molar-refractivity contribution in [3.8, 4) is 0 Å². The van der Waals surface area contributed by atoms with Gasteiger partial charge in [0.15, 0.2) is 0 Å².